The molecule has 24 heavy (non-hydrogen) atoms. The highest BCUT2D eigenvalue weighted by Gasteiger charge is 2.15. The third kappa shape index (κ3) is 5.09. The maximum atomic E-state index is 12.4. The Bertz CT molecular complexity index is 641. The number of carbonyl (C=O) groups excluding carboxylic acids is 1. The van der Waals surface area contributed by atoms with Crippen molar-refractivity contribution in [1.82, 2.24) is 5.32 Å². The van der Waals surface area contributed by atoms with Crippen LogP contribution in [0.1, 0.15) is 30.1 Å². The van der Waals surface area contributed by atoms with Gasteiger partial charge in [-0.2, -0.15) is 0 Å². The zero-order valence-electron chi connectivity index (χ0n) is 13.8. The molecule has 5 nitrogen and oxygen atoms in total. The Balaban J connectivity index is 2.03. The number of hydrogen-bond acceptors (Lipinski definition) is 4. The molecule has 3 N–H and O–H groups in total. The summed E-state index contributed by atoms with van der Waals surface area (Å²) in [6.45, 7) is 2.99. The molecule has 0 spiro atoms. The van der Waals surface area contributed by atoms with Gasteiger partial charge in [0.1, 0.15) is 0 Å². The molecule has 1 aliphatic carbocycles. The van der Waals surface area contributed by atoms with Crippen molar-refractivity contribution in [3.8, 4) is 0 Å². The molecular formula is C18H23ClN2O3. The lowest BCUT2D eigenvalue weighted by Gasteiger charge is -2.19. The van der Waals surface area contributed by atoms with Crippen molar-refractivity contribution in [1.29, 1.82) is 0 Å². The van der Waals surface area contributed by atoms with Crippen LogP contribution in [0.15, 0.2) is 46.6 Å². The summed E-state index contributed by atoms with van der Waals surface area (Å²) in [6, 6.07) is 7.38. The van der Waals surface area contributed by atoms with Crippen LogP contribution in [-0.4, -0.2) is 37.4 Å². The van der Waals surface area contributed by atoms with Crippen LogP contribution in [0.2, 0.25) is 0 Å². The number of anilines is 1. The highest BCUT2D eigenvalue weighted by atomic mass is 35.5. The number of para-hydroxylation sites is 1. The van der Waals surface area contributed by atoms with Gasteiger partial charge in [-0.3, -0.25) is 4.79 Å². The Kier molecular flexibility index (Phi) is 7.31. The second-order valence-electron chi connectivity index (χ2n) is 5.46. The monoisotopic (exact) mass is 350 g/mol. The Morgan fingerprint density at radius 1 is 1.33 bits per heavy atom. The minimum atomic E-state index is -0.165. The molecule has 0 radical (unpaired) electrons. The minimum Gasteiger partial charge on any atom is -0.394 e. The number of carbonyl (C=O) groups is 1. The second-order valence-corrected chi connectivity index (χ2v) is 5.86. The molecule has 2 rings (SSSR count). The molecule has 0 bridgehead atoms. The molecule has 0 saturated carbocycles. The van der Waals surface area contributed by atoms with Crippen molar-refractivity contribution in [3.05, 3.63) is 52.2 Å². The van der Waals surface area contributed by atoms with E-state index in [0.29, 0.717) is 18.7 Å². The summed E-state index contributed by atoms with van der Waals surface area (Å²) in [5.41, 5.74) is 3.38. The number of halogens is 1. The predicted octanol–water partition coefficient (Wildman–Crippen LogP) is 3.03. The Hall–Kier alpha value is -1.82. The predicted molar refractivity (Wildman–Crippen MR) is 96.2 cm³/mol. The summed E-state index contributed by atoms with van der Waals surface area (Å²) in [5.74, 6) is -0.165. The Morgan fingerprint density at radius 3 is 2.92 bits per heavy atom. The number of benzene rings is 1. The number of nitrogens with one attached hydrogen (secondary N) is 2. The first-order chi connectivity index (χ1) is 11.6. The van der Waals surface area contributed by atoms with Gasteiger partial charge < -0.3 is 20.5 Å². The summed E-state index contributed by atoms with van der Waals surface area (Å²) < 4.78 is 5.14. The summed E-state index contributed by atoms with van der Waals surface area (Å²) in [5, 5.41) is 15.6. The third-order valence-corrected chi connectivity index (χ3v) is 4.19. The molecule has 0 aromatic heterocycles. The van der Waals surface area contributed by atoms with Gasteiger partial charge in [-0.05, 0) is 37.5 Å². The first-order valence-electron chi connectivity index (χ1n) is 8.02. The van der Waals surface area contributed by atoms with E-state index in [1.165, 1.54) is 0 Å². The maximum absolute atomic E-state index is 12.4. The number of aliphatic hydroxyl groups is 1. The average molecular weight is 351 g/mol. The topological polar surface area (TPSA) is 70.6 Å². The summed E-state index contributed by atoms with van der Waals surface area (Å²) in [7, 11) is 0. The number of aliphatic hydroxyl groups excluding tert-OH is 1. The summed E-state index contributed by atoms with van der Waals surface area (Å²) >= 11 is 6.19. The smallest absolute Gasteiger partial charge is 0.253 e. The standard InChI is InChI=1S/C18H23ClN2O3/c1-13-15(19)6-4-8-16(13)21-17-7-3-2-5-14(17)18(23)20-9-11-24-12-10-22/h2-3,5-7,21-22H,4,8-12H2,1H3,(H,20,23). The van der Waals surface area contributed by atoms with Crippen LogP contribution in [0.3, 0.4) is 0 Å². The molecule has 1 aromatic rings. The van der Waals surface area contributed by atoms with Crippen LogP contribution in [-0.2, 0) is 4.74 Å². The van der Waals surface area contributed by atoms with Crippen molar-refractivity contribution >= 4 is 23.2 Å². The molecule has 1 amide bonds. The molecule has 0 atom stereocenters. The van der Waals surface area contributed by atoms with E-state index in [0.717, 1.165) is 34.8 Å². The van der Waals surface area contributed by atoms with Gasteiger partial charge in [-0.15, -0.1) is 0 Å². The average Bonchev–Trinajstić information content (AvgIpc) is 2.59. The van der Waals surface area contributed by atoms with Gasteiger partial charge >= 0.3 is 0 Å². The number of ether oxygens (including phenoxy) is 1. The molecule has 0 heterocycles. The van der Waals surface area contributed by atoms with Gasteiger partial charge in [0.2, 0.25) is 0 Å². The van der Waals surface area contributed by atoms with E-state index in [9.17, 15) is 4.79 Å². The van der Waals surface area contributed by atoms with Gasteiger partial charge in [-0.1, -0.05) is 29.8 Å². The minimum absolute atomic E-state index is 0.0217. The molecule has 130 valence electrons. The second kappa shape index (κ2) is 9.47. The fourth-order valence-electron chi connectivity index (χ4n) is 2.44. The molecular weight excluding hydrogens is 328 g/mol. The third-order valence-electron chi connectivity index (χ3n) is 3.75. The van der Waals surface area contributed by atoms with Crippen molar-refractivity contribution in [2.75, 3.05) is 31.7 Å². The molecule has 0 aliphatic heterocycles. The Labute approximate surface area is 147 Å². The number of rotatable bonds is 8. The largest absolute Gasteiger partial charge is 0.394 e. The van der Waals surface area contributed by atoms with Crippen LogP contribution in [0.25, 0.3) is 0 Å². The van der Waals surface area contributed by atoms with Crippen molar-refractivity contribution < 1.29 is 14.6 Å². The van der Waals surface area contributed by atoms with E-state index < -0.39 is 0 Å². The SMILES string of the molecule is CC1=C(Nc2ccccc2C(=O)NCCOCCO)CCC=C1Cl. The van der Waals surface area contributed by atoms with E-state index in [4.69, 9.17) is 21.4 Å². The lowest BCUT2D eigenvalue weighted by molar-refractivity contribution is 0.0838. The fraction of sp³-hybridized carbons (Fsp3) is 0.389. The number of hydrogen-bond donors (Lipinski definition) is 3. The van der Waals surface area contributed by atoms with E-state index in [2.05, 4.69) is 10.6 Å². The molecule has 0 saturated heterocycles. The zero-order chi connectivity index (χ0) is 17.4. The molecule has 1 aliphatic rings. The molecule has 1 aromatic carbocycles. The van der Waals surface area contributed by atoms with Gasteiger partial charge in [0.25, 0.3) is 5.91 Å². The van der Waals surface area contributed by atoms with Crippen LogP contribution >= 0.6 is 11.6 Å². The number of allylic oxidation sites excluding steroid dienone is 4. The van der Waals surface area contributed by atoms with Crippen LogP contribution in [0, 0.1) is 0 Å². The van der Waals surface area contributed by atoms with Crippen molar-refractivity contribution in [2.24, 2.45) is 0 Å². The Morgan fingerprint density at radius 2 is 2.12 bits per heavy atom. The van der Waals surface area contributed by atoms with Gasteiger partial charge in [0.05, 0.1) is 31.1 Å². The van der Waals surface area contributed by atoms with E-state index in [-0.39, 0.29) is 19.1 Å². The van der Waals surface area contributed by atoms with E-state index in [1.807, 2.05) is 31.2 Å². The first kappa shape index (κ1) is 18.5. The van der Waals surface area contributed by atoms with Crippen LogP contribution < -0.4 is 10.6 Å². The van der Waals surface area contributed by atoms with Crippen LogP contribution in [0.5, 0.6) is 0 Å². The lowest BCUT2D eigenvalue weighted by Crippen LogP contribution is -2.28. The molecule has 0 unspecified atom stereocenters. The van der Waals surface area contributed by atoms with Crippen molar-refractivity contribution in [3.63, 3.8) is 0 Å². The fourth-order valence-corrected chi connectivity index (χ4v) is 2.66. The van der Waals surface area contributed by atoms with Crippen LogP contribution in [0.4, 0.5) is 5.69 Å². The highest BCUT2D eigenvalue weighted by Crippen LogP contribution is 2.29. The summed E-state index contributed by atoms with van der Waals surface area (Å²) in [6.07, 6.45) is 3.76. The maximum Gasteiger partial charge on any atom is 0.253 e. The normalized spacial score (nSPS) is 14.4. The first-order valence-corrected chi connectivity index (χ1v) is 8.40. The molecule has 6 heteroatoms. The van der Waals surface area contributed by atoms with E-state index >= 15 is 0 Å². The summed E-state index contributed by atoms with van der Waals surface area (Å²) in [4.78, 5) is 12.4. The number of amides is 1. The highest BCUT2D eigenvalue weighted by molar-refractivity contribution is 6.32. The lowest BCUT2D eigenvalue weighted by atomic mass is 10.0. The van der Waals surface area contributed by atoms with Gasteiger partial charge in [-0.25, -0.2) is 0 Å². The van der Waals surface area contributed by atoms with Gasteiger partial charge in [0, 0.05) is 17.3 Å². The van der Waals surface area contributed by atoms with E-state index in [1.54, 1.807) is 6.07 Å². The zero-order valence-corrected chi connectivity index (χ0v) is 14.5. The molecule has 0 fully saturated rings. The quantitative estimate of drug-likeness (QED) is 0.630. The van der Waals surface area contributed by atoms with Gasteiger partial charge in [0.15, 0.2) is 0 Å². The van der Waals surface area contributed by atoms with Crippen molar-refractivity contribution in [2.45, 2.75) is 19.8 Å².